The van der Waals surface area contributed by atoms with Gasteiger partial charge in [-0.2, -0.15) is 4.98 Å². The largest absolute Gasteiger partial charge is 0.457 e. The number of aromatic nitrogens is 3. The lowest BCUT2D eigenvalue weighted by Crippen LogP contribution is -2.05. The maximum Gasteiger partial charge on any atom is 0.259 e. The number of ether oxygens (including phenoxy) is 1. The molecule has 0 aliphatic heterocycles. The van der Waals surface area contributed by atoms with Crippen molar-refractivity contribution in [1.29, 1.82) is 0 Å². The van der Waals surface area contributed by atoms with Crippen molar-refractivity contribution in [2.75, 3.05) is 5.32 Å². The molecule has 2 aromatic heterocycles. The molecule has 0 fully saturated rings. The lowest BCUT2D eigenvalue weighted by Gasteiger charge is -2.07. The predicted molar refractivity (Wildman–Crippen MR) is 111 cm³/mol. The number of halogens is 1. The first-order valence-electron chi connectivity index (χ1n) is 8.67. The Morgan fingerprint density at radius 3 is 2.34 bits per heavy atom. The smallest absolute Gasteiger partial charge is 0.259 e. The quantitative estimate of drug-likeness (QED) is 0.442. The van der Waals surface area contributed by atoms with Crippen molar-refractivity contribution < 1.29 is 14.1 Å². The van der Waals surface area contributed by atoms with Gasteiger partial charge in [0, 0.05) is 35.0 Å². The van der Waals surface area contributed by atoms with Gasteiger partial charge in [0.05, 0.1) is 5.56 Å². The molecule has 0 saturated carbocycles. The highest BCUT2D eigenvalue weighted by atomic mass is 79.9. The molecular formula is C21H15BrN4O3. The van der Waals surface area contributed by atoms with E-state index in [2.05, 4.69) is 36.4 Å². The maximum absolute atomic E-state index is 11.1. The van der Waals surface area contributed by atoms with E-state index in [0.717, 1.165) is 15.6 Å². The molecule has 7 nitrogen and oxygen atoms in total. The van der Waals surface area contributed by atoms with Crippen molar-refractivity contribution in [2.24, 2.45) is 0 Å². The summed E-state index contributed by atoms with van der Waals surface area (Å²) in [6.07, 6.45) is 3.35. The maximum atomic E-state index is 11.1. The minimum absolute atomic E-state index is 0.116. The molecule has 29 heavy (non-hydrogen) atoms. The van der Waals surface area contributed by atoms with Crippen LogP contribution in [0, 0.1) is 0 Å². The van der Waals surface area contributed by atoms with Crippen LogP contribution >= 0.6 is 15.9 Å². The van der Waals surface area contributed by atoms with E-state index < -0.39 is 0 Å². The van der Waals surface area contributed by atoms with Crippen LogP contribution in [-0.4, -0.2) is 21.0 Å². The van der Waals surface area contributed by atoms with Crippen molar-refractivity contribution >= 4 is 27.5 Å². The first kappa shape index (κ1) is 18.8. The third-order valence-electron chi connectivity index (χ3n) is 3.90. The van der Waals surface area contributed by atoms with Crippen LogP contribution in [0.5, 0.6) is 11.5 Å². The second-order valence-corrected chi connectivity index (χ2v) is 7.06. The van der Waals surface area contributed by atoms with Crippen LogP contribution < -0.4 is 10.1 Å². The van der Waals surface area contributed by atoms with Gasteiger partial charge in [-0.1, -0.05) is 5.16 Å². The second kappa shape index (κ2) is 8.24. The third kappa shape index (κ3) is 4.67. The summed E-state index contributed by atoms with van der Waals surface area (Å²) < 4.78 is 12.0. The Morgan fingerprint density at radius 1 is 1.00 bits per heavy atom. The van der Waals surface area contributed by atoms with E-state index in [1.54, 1.807) is 36.7 Å². The Balaban J connectivity index is 1.46. The molecule has 0 radical (unpaired) electrons. The van der Waals surface area contributed by atoms with Crippen LogP contribution in [0.1, 0.15) is 6.92 Å². The summed E-state index contributed by atoms with van der Waals surface area (Å²) in [6, 6.07) is 16.4. The SMILES string of the molecule is CC(=O)Nc1ccc(Oc2ccc(-c3noc(-c4cncc(Br)c4)n3)cc2)cc1. The average Bonchev–Trinajstić information content (AvgIpc) is 3.20. The van der Waals surface area contributed by atoms with E-state index in [9.17, 15) is 4.79 Å². The molecule has 2 aromatic carbocycles. The molecule has 4 rings (SSSR count). The number of carbonyl (C=O) groups is 1. The summed E-state index contributed by atoms with van der Waals surface area (Å²) in [5.74, 6) is 2.09. The summed E-state index contributed by atoms with van der Waals surface area (Å²) >= 11 is 3.38. The minimum atomic E-state index is -0.116. The van der Waals surface area contributed by atoms with Crippen molar-refractivity contribution in [3.63, 3.8) is 0 Å². The van der Waals surface area contributed by atoms with E-state index in [0.29, 0.717) is 28.9 Å². The van der Waals surface area contributed by atoms with Crippen molar-refractivity contribution in [1.82, 2.24) is 15.1 Å². The van der Waals surface area contributed by atoms with Gasteiger partial charge in [0.1, 0.15) is 11.5 Å². The van der Waals surface area contributed by atoms with Crippen molar-refractivity contribution in [2.45, 2.75) is 6.92 Å². The van der Waals surface area contributed by atoms with Crippen molar-refractivity contribution in [3.05, 3.63) is 71.5 Å². The molecule has 0 aliphatic rings. The van der Waals surface area contributed by atoms with Crippen LogP contribution in [0.15, 0.2) is 76.0 Å². The fraction of sp³-hybridized carbons (Fsp3) is 0.0476. The monoisotopic (exact) mass is 450 g/mol. The molecule has 0 saturated heterocycles. The Labute approximate surface area is 174 Å². The van der Waals surface area contributed by atoms with E-state index >= 15 is 0 Å². The van der Waals surface area contributed by atoms with Gasteiger partial charge < -0.3 is 14.6 Å². The van der Waals surface area contributed by atoms with Gasteiger partial charge in [0.15, 0.2) is 0 Å². The molecule has 0 unspecified atom stereocenters. The van der Waals surface area contributed by atoms with E-state index in [1.165, 1.54) is 6.92 Å². The van der Waals surface area contributed by atoms with Gasteiger partial charge >= 0.3 is 0 Å². The summed E-state index contributed by atoms with van der Waals surface area (Å²) in [5, 5.41) is 6.75. The Hall–Kier alpha value is -3.52. The van der Waals surface area contributed by atoms with Gasteiger partial charge in [0.25, 0.3) is 5.89 Å². The summed E-state index contributed by atoms with van der Waals surface area (Å²) in [6.45, 7) is 1.47. The first-order chi connectivity index (χ1) is 14.1. The molecule has 0 aliphatic carbocycles. The van der Waals surface area contributed by atoms with Gasteiger partial charge in [-0.25, -0.2) is 0 Å². The summed E-state index contributed by atoms with van der Waals surface area (Å²) in [7, 11) is 0. The molecule has 4 aromatic rings. The zero-order valence-corrected chi connectivity index (χ0v) is 16.9. The average molecular weight is 451 g/mol. The number of amides is 1. The number of nitrogens with one attached hydrogen (secondary N) is 1. The number of benzene rings is 2. The second-order valence-electron chi connectivity index (χ2n) is 6.15. The molecule has 0 bridgehead atoms. The third-order valence-corrected chi connectivity index (χ3v) is 4.33. The number of hydrogen-bond acceptors (Lipinski definition) is 6. The number of hydrogen-bond donors (Lipinski definition) is 1. The first-order valence-corrected chi connectivity index (χ1v) is 9.47. The summed E-state index contributed by atoms with van der Waals surface area (Å²) in [5.41, 5.74) is 2.26. The van der Waals surface area contributed by atoms with E-state index in [1.807, 2.05) is 30.3 Å². The number of carbonyl (C=O) groups excluding carboxylic acids is 1. The fourth-order valence-electron chi connectivity index (χ4n) is 2.60. The lowest BCUT2D eigenvalue weighted by atomic mass is 10.2. The predicted octanol–water partition coefficient (Wildman–Crippen LogP) is 5.31. The molecule has 0 spiro atoms. The van der Waals surface area contributed by atoms with E-state index in [4.69, 9.17) is 9.26 Å². The lowest BCUT2D eigenvalue weighted by molar-refractivity contribution is -0.114. The van der Waals surface area contributed by atoms with Crippen LogP contribution in [0.2, 0.25) is 0 Å². The Bertz CT molecular complexity index is 1140. The number of rotatable bonds is 5. The fourth-order valence-corrected chi connectivity index (χ4v) is 2.97. The van der Waals surface area contributed by atoms with Gasteiger partial charge in [-0.15, -0.1) is 0 Å². The van der Waals surface area contributed by atoms with Crippen molar-refractivity contribution in [3.8, 4) is 34.3 Å². The topological polar surface area (TPSA) is 90.1 Å². The highest BCUT2D eigenvalue weighted by Crippen LogP contribution is 2.27. The normalized spacial score (nSPS) is 10.6. The van der Waals surface area contributed by atoms with Crippen LogP contribution in [0.4, 0.5) is 5.69 Å². The van der Waals surface area contributed by atoms with Crippen LogP contribution in [-0.2, 0) is 4.79 Å². The highest BCUT2D eigenvalue weighted by molar-refractivity contribution is 9.10. The Kier molecular flexibility index (Phi) is 5.35. The molecule has 1 amide bonds. The zero-order chi connectivity index (χ0) is 20.2. The standard InChI is InChI=1S/C21H15BrN4O3/c1-13(27)24-17-4-8-19(9-5-17)28-18-6-2-14(3-7-18)20-25-21(29-26-20)15-10-16(22)12-23-11-15/h2-12H,1H3,(H,24,27). The summed E-state index contributed by atoms with van der Waals surface area (Å²) in [4.78, 5) is 19.6. The van der Waals surface area contributed by atoms with Gasteiger partial charge in [-0.3, -0.25) is 9.78 Å². The van der Waals surface area contributed by atoms with Crippen LogP contribution in [0.3, 0.4) is 0 Å². The zero-order valence-electron chi connectivity index (χ0n) is 15.3. The molecule has 0 atom stereocenters. The molecule has 2 heterocycles. The minimum Gasteiger partial charge on any atom is -0.457 e. The number of nitrogens with zero attached hydrogens (tertiary/aromatic N) is 3. The highest BCUT2D eigenvalue weighted by Gasteiger charge is 2.11. The van der Waals surface area contributed by atoms with Gasteiger partial charge in [-0.05, 0) is 70.5 Å². The molecule has 8 heteroatoms. The molecular weight excluding hydrogens is 436 g/mol. The van der Waals surface area contributed by atoms with Gasteiger partial charge in [0.2, 0.25) is 11.7 Å². The van der Waals surface area contributed by atoms with E-state index in [-0.39, 0.29) is 5.91 Å². The van der Waals surface area contributed by atoms with Crippen LogP contribution in [0.25, 0.3) is 22.8 Å². The molecule has 144 valence electrons. The number of pyridine rings is 1. The molecule has 1 N–H and O–H groups in total. The Morgan fingerprint density at radius 2 is 1.69 bits per heavy atom. The number of anilines is 1.